The predicted molar refractivity (Wildman–Crippen MR) is 98.4 cm³/mol. The highest BCUT2D eigenvalue weighted by atomic mass is 19.2. The van der Waals surface area contributed by atoms with E-state index in [0.29, 0.717) is 11.5 Å². The topological polar surface area (TPSA) is 12.9 Å². The van der Waals surface area contributed by atoms with Crippen molar-refractivity contribution in [3.63, 3.8) is 0 Å². The fourth-order valence-corrected chi connectivity index (χ4v) is 3.99. The van der Waals surface area contributed by atoms with Gasteiger partial charge in [-0.25, -0.2) is 9.37 Å². The molecule has 0 atom stereocenters. The molecule has 1 saturated carbocycles. The number of halogens is 2. The third kappa shape index (κ3) is 4.65. The number of benzene rings is 1. The Morgan fingerprint density at radius 2 is 1.68 bits per heavy atom. The fraction of sp³-hybridized carbons (Fsp3) is 0.500. The van der Waals surface area contributed by atoms with Crippen LogP contribution in [-0.2, 0) is 0 Å². The van der Waals surface area contributed by atoms with Crippen LogP contribution < -0.4 is 0 Å². The molecule has 1 nitrogen and oxygen atoms in total. The minimum atomic E-state index is -1.05. The highest BCUT2D eigenvalue weighted by Gasteiger charge is 2.22. The van der Waals surface area contributed by atoms with Crippen LogP contribution in [0.5, 0.6) is 0 Å². The van der Waals surface area contributed by atoms with Gasteiger partial charge in [-0.15, -0.1) is 0 Å². The Labute approximate surface area is 149 Å². The van der Waals surface area contributed by atoms with Crippen molar-refractivity contribution in [2.45, 2.75) is 64.2 Å². The first kappa shape index (κ1) is 18.0. The van der Waals surface area contributed by atoms with E-state index < -0.39 is 11.8 Å². The van der Waals surface area contributed by atoms with Crippen LogP contribution in [0.1, 0.15) is 69.8 Å². The molecule has 1 aromatic heterocycles. The number of nitrogens with zero attached hydrogens (tertiary/aromatic N) is 1. The van der Waals surface area contributed by atoms with E-state index in [4.69, 9.17) is 0 Å². The number of aromatic nitrogens is 1. The summed E-state index contributed by atoms with van der Waals surface area (Å²) in [4.78, 5) is 3.46. The van der Waals surface area contributed by atoms with Gasteiger partial charge in [-0.05, 0) is 54.7 Å². The molecule has 2 aromatic rings. The fourth-order valence-electron chi connectivity index (χ4n) is 3.99. The standard InChI is InChI=1S/C22H27F2N/c1-2-3-4-5-16-6-8-17(9-7-16)18-10-12-19(13-11-18)20-14-21(23)22(24)25-15-20/h10-17H,2-9H2,1H3. The highest BCUT2D eigenvalue weighted by Crippen LogP contribution is 2.38. The zero-order chi connectivity index (χ0) is 17.6. The number of pyridine rings is 1. The van der Waals surface area contributed by atoms with Crippen LogP contribution in [0.4, 0.5) is 8.78 Å². The average molecular weight is 343 g/mol. The first-order valence-electron chi connectivity index (χ1n) is 9.58. The third-order valence-corrected chi connectivity index (χ3v) is 5.57. The zero-order valence-corrected chi connectivity index (χ0v) is 15.0. The Kier molecular flexibility index (Phi) is 6.17. The van der Waals surface area contributed by atoms with Gasteiger partial charge in [-0.3, -0.25) is 0 Å². The normalized spacial score (nSPS) is 20.6. The maximum atomic E-state index is 13.3. The second-order valence-electron chi connectivity index (χ2n) is 7.33. The summed E-state index contributed by atoms with van der Waals surface area (Å²) in [6.45, 7) is 2.26. The Morgan fingerprint density at radius 1 is 0.960 bits per heavy atom. The van der Waals surface area contributed by atoms with Crippen LogP contribution in [0.25, 0.3) is 11.1 Å². The smallest absolute Gasteiger partial charge is 0.225 e. The minimum absolute atomic E-state index is 0.616. The lowest BCUT2D eigenvalue weighted by atomic mass is 9.77. The second-order valence-corrected chi connectivity index (χ2v) is 7.33. The van der Waals surface area contributed by atoms with Crippen LogP contribution in [0, 0.1) is 17.7 Å². The Hall–Kier alpha value is -1.77. The molecule has 0 saturated heterocycles. The molecular formula is C22H27F2N. The van der Waals surface area contributed by atoms with Crippen molar-refractivity contribution in [2.75, 3.05) is 0 Å². The van der Waals surface area contributed by atoms with Crippen molar-refractivity contribution in [2.24, 2.45) is 5.92 Å². The monoisotopic (exact) mass is 343 g/mol. The SMILES string of the molecule is CCCCCC1CCC(c2ccc(-c3cnc(F)c(F)c3)cc2)CC1. The van der Waals surface area contributed by atoms with Gasteiger partial charge in [0.2, 0.25) is 5.95 Å². The summed E-state index contributed by atoms with van der Waals surface area (Å²) in [5, 5.41) is 0. The van der Waals surface area contributed by atoms with Gasteiger partial charge in [0, 0.05) is 11.8 Å². The van der Waals surface area contributed by atoms with E-state index >= 15 is 0 Å². The maximum Gasteiger partial charge on any atom is 0.248 e. The van der Waals surface area contributed by atoms with Gasteiger partial charge in [0.15, 0.2) is 5.82 Å². The van der Waals surface area contributed by atoms with Gasteiger partial charge in [-0.2, -0.15) is 4.39 Å². The molecule has 1 aliphatic rings. The summed E-state index contributed by atoms with van der Waals surface area (Å²) in [6, 6.07) is 9.48. The highest BCUT2D eigenvalue weighted by molar-refractivity contribution is 5.62. The summed E-state index contributed by atoms with van der Waals surface area (Å²) >= 11 is 0. The van der Waals surface area contributed by atoms with Crippen LogP contribution >= 0.6 is 0 Å². The number of unbranched alkanes of at least 4 members (excludes halogenated alkanes) is 2. The van der Waals surface area contributed by atoms with E-state index in [1.165, 1.54) is 69.2 Å². The van der Waals surface area contributed by atoms with Crippen molar-refractivity contribution in [3.8, 4) is 11.1 Å². The van der Waals surface area contributed by atoms with Gasteiger partial charge in [-0.1, -0.05) is 56.9 Å². The van der Waals surface area contributed by atoms with Crippen LogP contribution in [0.3, 0.4) is 0 Å². The number of hydrogen-bond donors (Lipinski definition) is 0. The van der Waals surface area contributed by atoms with Crippen molar-refractivity contribution in [1.29, 1.82) is 0 Å². The summed E-state index contributed by atoms with van der Waals surface area (Å²) in [5.41, 5.74) is 2.86. The lowest BCUT2D eigenvalue weighted by molar-refractivity contribution is 0.303. The number of rotatable bonds is 6. The number of hydrogen-bond acceptors (Lipinski definition) is 1. The molecule has 1 aromatic carbocycles. The lowest BCUT2D eigenvalue weighted by Crippen LogP contribution is -2.13. The lowest BCUT2D eigenvalue weighted by Gasteiger charge is -2.29. The molecule has 0 bridgehead atoms. The molecule has 3 rings (SSSR count). The predicted octanol–water partition coefficient (Wildman–Crippen LogP) is 6.88. The van der Waals surface area contributed by atoms with Gasteiger partial charge in [0.1, 0.15) is 0 Å². The van der Waals surface area contributed by atoms with E-state index in [1.54, 1.807) is 0 Å². The minimum Gasteiger partial charge on any atom is -0.225 e. The Morgan fingerprint density at radius 3 is 2.32 bits per heavy atom. The molecule has 1 fully saturated rings. The summed E-state index contributed by atoms with van der Waals surface area (Å²) in [7, 11) is 0. The van der Waals surface area contributed by atoms with Gasteiger partial charge >= 0.3 is 0 Å². The van der Waals surface area contributed by atoms with E-state index in [1.807, 2.05) is 12.1 Å². The quantitative estimate of drug-likeness (QED) is 0.411. The zero-order valence-electron chi connectivity index (χ0n) is 15.0. The van der Waals surface area contributed by atoms with E-state index in [0.717, 1.165) is 11.5 Å². The Balaban J connectivity index is 1.59. The van der Waals surface area contributed by atoms with Crippen LogP contribution in [0.15, 0.2) is 36.5 Å². The molecule has 1 heterocycles. The molecule has 1 aliphatic carbocycles. The first-order valence-corrected chi connectivity index (χ1v) is 9.58. The maximum absolute atomic E-state index is 13.3. The summed E-state index contributed by atoms with van der Waals surface area (Å²) < 4.78 is 26.3. The van der Waals surface area contributed by atoms with Gasteiger partial charge < -0.3 is 0 Å². The van der Waals surface area contributed by atoms with Crippen molar-refractivity contribution in [3.05, 3.63) is 53.9 Å². The van der Waals surface area contributed by atoms with Crippen molar-refractivity contribution in [1.82, 2.24) is 4.98 Å². The van der Waals surface area contributed by atoms with Crippen molar-refractivity contribution >= 4 is 0 Å². The molecule has 0 N–H and O–H groups in total. The van der Waals surface area contributed by atoms with Gasteiger partial charge in [0.05, 0.1) is 0 Å². The third-order valence-electron chi connectivity index (χ3n) is 5.57. The van der Waals surface area contributed by atoms with Crippen LogP contribution in [0.2, 0.25) is 0 Å². The second kappa shape index (κ2) is 8.55. The first-order chi connectivity index (χ1) is 12.2. The average Bonchev–Trinajstić information content (AvgIpc) is 2.65. The molecule has 0 amide bonds. The molecule has 0 radical (unpaired) electrons. The van der Waals surface area contributed by atoms with E-state index in [2.05, 4.69) is 24.0 Å². The van der Waals surface area contributed by atoms with Crippen molar-refractivity contribution < 1.29 is 8.78 Å². The van der Waals surface area contributed by atoms with Crippen LogP contribution in [-0.4, -0.2) is 4.98 Å². The molecule has 25 heavy (non-hydrogen) atoms. The van der Waals surface area contributed by atoms with E-state index in [9.17, 15) is 8.78 Å². The Bertz CT molecular complexity index is 673. The van der Waals surface area contributed by atoms with Gasteiger partial charge in [0.25, 0.3) is 0 Å². The summed E-state index contributed by atoms with van der Waals surface area (Å²) in [6.07, 6.45) is 12.0. The molecular weight excluding hydrogens is 316 g/mol. The summed E-state index contributed by atoms with van der Waals surface area (Å²) in [5.74, 6) is -0.395. The molecule has 0 spiro atoms. The largest absolute Gasteiger partial charge is 0.248 e. The molecule has 134 valence electrons. The van der Waals surface area contributed by atoms with E-state index in [-0.39, 0.29) is 0 Å². The molecule has 3 heteroatoms. The molecule has 0 aliphatic heterocycles. The molecule has 0 unspecified atom stereocenters.